The van der Waals surface area contributed by atoms with E-state index in [1.165, 1.54) is 0 Å². The van der Waals surface area contributed by atoms with Crippen molar-refractivity contribution in [3.05, 3.63) is 29.1 Å². The van der Waals surface area contributed by atoms with E-state index in [2.05, 4.69) is 21.9 Å². The molecule has 0 aliphatic heterocycles. The molecule has 0 bridgehead atoms. The van der Waals surface area contributed by atoms with Crippen LogP contribution in [0.4, 0.5) is 10.8 Å². The summed E-state index contributed by atoms with van der Waals surface area (Å²) in [4.78, 5) is 5.77. The molecule has 0 saturated carbocycles. The summed E-state index contributed by atoms with van der Waals surface area (Å²) >= 11 is 1.64. The molecule has 120 valence electrons. The van der Waals surface area contributed by atoms with Crippen LogP contribution in [0.3, 0.4) is 0 Å². The number of benzene rings is 1. The number of sulfonamides is 1. The van der Waals surface area contributed by atoms with Crippen molar-refractivity contribution in [2.75, 3.05) is 22.8 Å². The molecule has 0 aliphatic carbocycles. The standard InChI is InChI=1S/C15H21N3O2S2/c1-4-5-10-16-15-17-14(11(2)21-15)12-6-8-13(9-7-12)18-22(3,19)20/h6-9,18H,4-5,10H2,1-3H3,(H,16,17). The highest BCUT2D eigenvalue weighted by molar-refractivity contribution is 7.92. The molecule has 2 rings (SSSR count). The van der Waals surface area contributed by atoms with Gasteiger partial charge < -0.3 is 5.32 Å². The lowest BCUT2D eigenvalue weighted by molar-refractivity contribution is 0.607. The van der Waals surface area contributed by atoms with Gasteiger partial charge in [0.15, 0.2) is 5.13 Å². The number of aryl methyl sites for hydroxylation is 1. The van der Waals surface area contributed by atoms with Gasteiger partial charge in [-0.05, 0) is 25.5 Å². The summed E-state index contributed by atoms with van der Waals surface area (Å²) in [5.74, 6) is 0. The summed E-state index contributed by atoms with van der Waals surface area (Å²) in [6.07, 6.45) is 3.42. The second kappa shape index (κ2) is 7.11. The summed E-state index contributed by atoms with van der Waals surface area (Å²) in [6, 6.07) is 7.26. The molecule has 7 heteroatoms. The molecule has 1 aromatic heterocycles. The number of hydrogen-bond donors (Lipinski definition) is 2. The third-order valence-electron chi connectivity index (χ3n) is 3.06. The van der Waals surface area contributed by atoms with Crippen LogP contribution in [0.15, 0.2) is 24.3 Å². The van der Waals surface area contributed by atoms with Gasteiger partial charge in [0.2, 0.25) is 10.0 Å². The molecule has 2 N–H and O–H groups in total. The van der Waals surface area contributed by atoms with Gasteiger partial charge in [0.25, 0.3) is 0 Å². The molecule has 2 aromatic rings. The van der Waals surface area contributed by atoms with Crippen LogP contribution in [0.1, 0.15) is 24.6 Å². The van der Waals surface area contributed by atoms with Gasteiger partial charge in [-0.15, -0.1) is 11.3 Å². The Kier molecular flexibility index (Phi) is 5.42. The maximum atomic E-state index is 11.2. The SMILES string of the molecule is CCCCNc1nc(-c2ccc(NS(C)(=O)=O)cc2)c(C)s1. The Bertz CT molecular complexity index is 722. The quantitative estimate of drug-likeness (QED) is 0.755. The zero-order valence-electron chi connectivity index (χ0n) is 13.0. The summed E-state index contributed by atoms with van der Waals surface area (Å²) in [7, 11) is -3.25. The topological polar surface area (TPSA) is 71.1 Å². The molecule has 5 nitrogen and oxygen atoms in total. The van der Waals surface area contributed by atoms with Gasteiger partial charge >= 0.3 is 0 Å². The Morgan fingerprint density at radius 2 is 1.91 bits per heavy atom. The highest BCUT2D eigenvalue weighted by Gasteiger charge is 2.10. The molecule has 0 spiro atoms. The molecule has 0 amide bonds. The minimum absolute atomic E-state index is 0.556. The number of nitrogens with zero attached hydrogens (tertiary/aromatic N) is 1. The maximum absolute atomic E-state index is 11.2. The zero-order valence-corrected chi connectivity index (χ0v) is 14.6. The van der Waals surface area contributed by atoms with Crippen molar-refractivity contribution >= 4 is 32.2 Å². The zero-order chi connectivity index (χ0) is 16.2. The van der Waals surface area contributed by atoms with Gasteiger partial charge in [-0.1, -0.05) is 25.5 Å². The number of thiazole rings is 1. The molecule has 0 radical (unpaired) electrons. The number of aromatic nitrogens is 1. The lowest BCUT2D eigenvalue weighted by Crippen LogP contribution is -2.09. The predicted octanol–water partition coefficient (Wildman–Crippen LogP) is 3.70. The van der Waals surface area contributed by atoms with Crippen LogP contribution in [-0.2, 0) is 10.0 Å². The van der Waals surface area contributed by atoms with E-state index in [0.717, 1.165) is 46.9 Å². The second-order valence-electron chi connectivity index (χ2n) is 5.16. The summed E-state index contributed by atoms with van der Waals surface area (Å²) in [5.41, 5.74) is 2.48. The van der Waals surface area contributed by atoms with E-state index in [1.807, 2.05) is 19.1 Å². The second-order valence-corrected chi connectivity index (χ2v) is 8.11. The lowest BCUT2D eigenvalue weighted by atomic mass is 10.1. The number of anilines is 2. The van der Waals surface area contributed by atoms with Gasteiger partial charge in [0.1, 0.15) is 0 Å². The van der Waals surface area contributed by atoms with Crippen LogP contribution in [0, 0.1) is 6.92 Å². The molecule has 0 atom stereocenters. The van der Waals surface area contributed by atoms with E-state index in [0.29, 0.717) is 5.69 Å². The van der Waals surface area contributed by atoms with E-state index in [4.69, 9.17) is 0 Å². The average Bonchev–Trinajstić information content (AvgIpc) is 2.79. The van der Waals surface area contributed by atoms with Crippen molar-refractivity contribution in [2.45, 2.75) is 26.7 Å². The molecule has 22 heavy (non-hydrogen) atoms. The number of nitrogens with one attached hydrogen (secondary N) is 2. The van der Waals surface area contributed by atoms with Crippen LogP contribution in [0.5, 0.6) is 0 Å². The first-order valence-corrected chi connectivity index (χ1v) is 9.89. The van der Waals surface area contributed by atoms with Crippen molar-refractivity contribution in [2.24, 2.45) is 0 Å². The van der Waals surface area contributed by atoms with Gasteiger partial charge in [0.05, 0.1) is 11.9 Å². The Morgan fingerprint density at radius 1 is 1.23 bits per heavy atom. The molecule has 0 unspecified atom stereocenters. The van der Waals surface area contributed by atoms with Crippen molar-refractivity contribution < 1.29 is 8.42 Å². The van der Waals surface area contributed by atoms with Crippen LogP contribution in [-0.4, -0.2) is 26.2 Å². The predicted molar refractivity (Wildman–Crippen MR) is 94.2 cm³/mol. The van der Waals surface area contributed by atoms with Crippen molar-refractivity contribution in [3.63, 3.8) is 0 Å². The van der Waals surface area contributed by atoms with Crippen LogP contribution >= 0.6 is 11.3 Å². The minimum Gasteiger partial charge on any atom is -0.361 e. The fourth-order valence-electron chi connectivity index (χ4n) is 2.02. The highest BCUT2D eigenvalue weighted by Crippen LogP contribution is 2.31. The molecule has 0 saturated heterocycles. The fraction of sp³-hybridized carbons (Fsp3) is 0.400. The maximum Gasteiger partial charge on any atom is 0.229 e. The highest BCUT2D eigenvalue weighted by atomic mass is 32.2. The van der Waals surface area contributed by atoms with E-state index < -0.39 is 10.0 Å². The van der Waals surface area contributed by atoms with Crippen molar-refractivity contribution in [1.29, 1.82) is 0 Å². The normalized spacial score (nSPS) is 11.4. The Labute approximate surface area is 135 Å². The van der Waals surface area contributed by atoms with Gasteiger partial charge in [-0.2, -0.15) is 0 Å². The lowest BCUT2D eigenvalue weighted by Gasteiger charge is -2.05. The first-order chi connectivity index (χ1) is 10.4. The van der Waals surface area contributed by atoms with Crippen molar-refractivity contribution in [3.8, 4) is 11.3 Å². The van der Waals surface area contributed by atoms with Crippen molar-refractivity contribution in [1.82, 2.24) is 4.98 Å². The fourth-order valence-corrected chi connectivity index (χ4v) is 3.45. The summed E-state index contributed by atoms with van der Waals surface area (Å²) in [5, 5.41) is 4.26. The van der Waals surface area contributed by atoms with Gasteiger partial charge in [-0.3, -0.25) is 4.72 Å². The van der Waals surface area contributed by atoms with Crippen LogP contribution in [0.25, 0.3) is 11.3 Å². The molecule has 1 aromatic carbocycles. The largest absolute Gasteiger partial charge is 0.361 e. The van der Waals surface area contributed by atoms with Crippen LogP contribution in [0.2, 0.25) is 0 Å². The molecule has 1 heterocycles. The molecule has 0 aliphatic rings. The number of hydrogen-bond acceptors (Lipinski definition) is 5. The smallest absolute Gasteiger partial charge is 0.229 e. The van der Waals surface area contributed by atoms with E-state index in [-0.39, 0.29) is 0 Å². The van der Waals surface area contributed by atoms with E-state index in [1.54, 1.807) is 23.5 Å². The first-order valence-electron chi connectivity index (χ1n) is 7.18. The third kappa shape index (κ3) is 4.71. The Morgan fingerprint density at radius 3 is 2.50 bits per heavy atom. The van der Waals surface area contributed by atoms with Gasteiger partial charge in [-0.25, -0.2) is 13.4 Å². The minimum atomic E-state index is -3.25. The molecule has 0 fully saturated rings. The van der Waals surface area contributed by atoms with E-state index >= 15 is 0 Å². The molecular formula is C15H21N3O2S2. The monoisotopic (exact) mass is 339 g/mol. The van der Waals surface area contributed by atoms with Crippen LogP contribution < -0.4 is 10.0 Å². The van der Waals surface area contributed by atoms with Gasteiger partial charge in [0, 0.05) is 22.7 Å². The summed E-state index contributed by atoms with van der Waals surface area (Å²) in [6.45, 7) is 5.13. The molecular weight excluding hydrogens is 318 g/mol. The Balaban J connectivity index is 2.14. The summed E-state index contributed by atoms with van der Waals surface area (Å²) < 4.78 is 24.9. The van der Waals surface area contributed by atoms with E-state index in [9.17, 15) is 8.42 Å². The Hall–Kier alpha value is -1.60. The number of rotatable bonds is 7. The average molecular weight is 339 g/mol. The number of unbranched alkanes of at least 4 members (excludes halogenated alkanes) is 1. The first kappa shape index (κ1) is 16.8. The third-order valence-corrected chi connectivity index (χ3v) is 4.60.